The van der Waals surface area contributed by atoms with Gasteiger partial charge in [-0.15, -0.1) is 0 Å². The molecule has 1 aromatic carbocycles. The van der Waals surface area contributed by atoms with Gasteiger partial charge in [-0.2, -0.15) is 0 Å². The standard InChI is InChI=1S/C15H23FN2O/c1-3-4-10-18(2)11-9-15(19)17-12-13-7-5-6-8-14(13)16/h5-8H,3-4,9-12H2,1-2H3,(H,17,19). The Balaban J connectivity index is 2.23. The van der Waals surface area contributed by atoms with Crippen molar-refractivity contribution in [3.8, 4) is 0 Å². The summed E-state index contributed by atoms with van der Waals surface area (Å²) in [7, 11) is 2.01. The van der Waals surface area contributed by atoms with Crippen LogP contribution in [0.3, 0.4) is 0 Å². The van der Waals surface area contributed by atoms with Crippen LogP contribution >= 0.6 is 0 Å². The second kappa shape index (κ2) is 8.64. The number of halogens is 1. The van der Waals surface area contributed by atoms with Gasteiger partial charge in [0.05, 0.1) is 0 Å². The van der Waals surface area contributed by atoms with Gasteiger partial charge in [-0.05, 0) is 26.1 Å². The van der Waals surface area contributed by atoms with Crippen LogP contribution in [0.1, 0.15) is 31.7 Å². The first kappa shape index (κ1) is 15.6. The van der Waals surface area contributed by atoms with Gasteiger partial charge < -0.3 is 10.2 Å². The topological polar surface area (TPSA) is 32.3 Å². The third-order valence-corrected chi connectivity index (χ3v) is 3.05. The maximum absolute atomic E-state index is 13.3. The molecule has 3 nitrogen and oxygen atoms in total. The number of rotatable bonds is 8. The van der Waals surface area contributed by atoms with Crippen molar-refractivity contribution < 1.29 is 9.18 Å². The van der Waals surface area contributed by atoms with E-state index in [0.717, 1.165) is 25.9 Å². The molecule has 1 aromatic rings. The highest BCUT2D eigenvalue weighted by Crippen LogP contribution is 2.05. The molecular formula is C15H23FN2O. The number of carbonyl (C=O) groups is 1. The number of benzene rings is 1. The molecule has 0 spiro atoms. The van der Waals surface area contributed by atoms with Crippen molar-refractivity contribution in [2.24, 2.45) is 0 Å². The van der Waals surface area contributed by atoms with E-state index in [1.54, 1.807) is 18.2 Å². The van der Waals surface area contributed by atoms with Crippen LogP contribution in [-0.4, -0.2) is 30.9 Å². The lowest BCUT2D eigenvalue weighted by Crippen LogP contribution is -2.29. The molecule has 0 atom stereocenters. The highest BCUT2D eigenvalue weighted by atomic mass is 19.1. The molecule has 0 saturated heterocycles. The summed E-state index contributed by atoms with van der Waals surface area (Å²) >= 11 is 0. The molecule has 0 saturated carbocycles. The largest absolute Gasteiger partial charge is 0.352 e. The van der Waals surface area contributed by atoms with Crippen molar-refractivity contribution in [3.63, 3.8) is 0 Å². The van der Waals surface area contributed by atoms with E-state index >= 15 is 0 Å². The second-order valence-electron chi connectivity index (χ2n) is 4.77. The van der Waals surface area contributed by atoms with Gasteiger partial charge in [-0.25, -0.2) is 4.39 Å². The second-order valence-corrected chi connectivity index (χ2v) is 4.77. The zero-order valence-electron chi connectivity index (χ0n) is 11.8. The van der Waals surface area contributed by atoms with Crippen molar-refractivity contribution in [2.45, 2.75) is 32.7 Å². The first-order valence-corrected chi connectivity index (χ1v) is 6.82. The van der Waals surface area contributed by atoms with Crippen molar-refractivity contribution in [1.29, 1.82) is 0 Å². The van der Waals surface area contributed by atoms with E-state index in [1.165, 1.54) is 6.07 Å². The van der Waals surface area contributed by atoms with Crippen LogP contribution in [0.2, 0.25) is 0 Å². The van der Waals surface area contributed by atoms with E-state index in [2.05, 4.69) is 17.1 Å². The van der Waals surface area contributed by atoms with E-state index in [9.17, 15) is 9.18 Å². The monoisotopic (exact) mass is 266 g/mol. The molecule has 0 radical (unpaired) electrons. The first-order valence-electron chi connectivity index (χ1n) is 6.82. The molecule has 106 valence electrons. The number of nitrogens with zero attached hydrogens (tertiary/aromatic N) is 1. The van der Waals surface area contributed by atoms with E-state index in [4.69, 9.17) is 0 Å². The summed E-state index contributed by atoms with van der Waals surface area (Å²) in [5.74, 6) is -0.311. The van der Waals surface area contributed by atoms with Crippen molar-refractivity contribution in [3.05, 3.63) is 35.6 Å². The molecule has 4 heteroatoms. The van der Waals surface area contributed by atoms with E-state index in [-0.39, 0.29) is 18.3 Å². The summed E-state index contributed by atoms with van der Waals surface area (Å²) in [6, 6.07) is 6.50. The minimum Gasteiger partial charge on any atom is -0.352 e. The molecule has 0 aromatic heterocycles. The van der Waals surface area contributed by atoms with Crippen molar-refractivity contribution in [2.75, 3.05) is 20.1 Å². The normalized spacial score (nSPS) is 10.7. The van der Waals surface area contributed by atoms with Crippen molar-refractivity contribution in [1.82, 2.24) is 10.2 Å². The van der Waals surface area contributed by atoms with Crippen LogP contribution in [0.15, 0.2) is 24.3 Å². The quantitative estimate of drug-likeness (QED) is 0.784. The molecule has 0 aliphatic carbocycles. The molecule has 0 aliphatic heterocycles. The third-order valence-electron chi connectivity index (χ3n) is 3.05. The summed E-state index contributed by atoms with van der Waals surface area (Å²) in [6.07, 6.45) is 2.76. The van der Waals surface area contributed by atoms with Crippen LogP contribution in [0.25, 0.3) is 0 Å². The molecule has 1 N–H and O–H groups in total. The van der Waals surface area contributed by atoms with E-state index < -0.39 is 0 Å². The molecule has 1 rings (SSSR count). The Labute approximate surface area is 114 Å². The molecule has 0 unspecified atom stereocenters. The van der Waals surface area contributed by atoms with Crippen LogP contribution in [-0.2, 0) is 11.3 Å². The molecule has 0 bridgehead atoms. The fraction of sp³-hybridized carbons (Fsp3) is 0.533. The average Bonchev–Trinajstić information content (AvgIpc) is 2.42. The zero-order valence-corrected chi connectivity index (χ0v) is 11.8. The lowest BCUT2D eigenvalue weighted by Gasteiger charge is -2.15. The SMILES string of the molecule is CCCCN(C)CCC(=O)NCc1ccccc1F. The molecule has 1 amide bonds. The summed E-state index contributed by atoms with van der Waals surface area (Å²) in [6.45, 7) is 4.15. The number of hydrogen-bond donors (Lipinski definition) is 1. The van der Waals surface area contributed by atoms with Gasteiger partial charge in [0.15, 0.2) is 0 Å². The van der Waals surface area contributed by atoms with Crippen LogP contribution in [0, 0.1) is 5.82 Å². The van der Waals surface area contributed by atoms with Gasteiger partial charge in [0, 0.05) is 25.1 Å². The molecule has 19 heavy (non-hydrogen) atoms. The zero-order chi connectivity index (χ0) is 14.1. The maximum atomic E-state index is 13.3. The number of amides is 1. The van der Waals surface area contributed by atoms with Crippen LogP contribution < -0.4 is 5.32 Å². The molecule has 0 fully saturated rings. The number of unbranched alkanes of at least 4 members (excludes halogenated alkanes) is 1. The Kier molecular flexibility index (Phi) is 7.11. The Morgan fingerprint density at radius 2 is 2.05 bits per heavy atom. The Hall–Kier alpha value is -1.42. The average molecular weight is 266 g/mol. The summed E-state index contributed by atoms with van der Waals surface area (Å²) in [5.41, 5.74) is 0.523. The minimum atomic E-state index is -0.275. The molecule has 0 aliphatic rings. The van der Waals surface area contributed by atoms with Crippen LogP contribution in [0.4, 0.5) is 4.39 Å². The number of nitrogens with one attached hydrogen (secondary N) is 1. The smallest absolute Gasteiger partial charge is 0.221 e. The van der Waals surface area contributed by atoms with Crippen LogP contribution in [0.5, 0.6) is 0 Å². The minimum absolute atomic E-state index is 0.0356. The van der Waals surface area contributed by atoms with E-state index in [0.29, 0.717) is 12.0 Å². The maximum Gasteiger partial charge on any atom is 0.221 e. The third kappa shape index (κ3) is 6.34. The van der Waals surface area contributed by atoms with E-state index in [1.807, 2.05) is 7.05 Å². The van der Waals surface area contributed by atoms with Crippen molar-refractivity contribution >= 4 is 5.91 Å². The molecular weight excluding hydrogens is 243 g/mol. The fourth-order valence-electron chi connectivity index (χ4n) is 1.76. The molecule has 0 heterocycles. The lowest BCUT2D eigenvalue weighted by atomic mass is 10.2. The van der Waals surface area contributed by atoms with Gasteiger partial charge in [-0.3, -0.25) is 4.79 Å². The Morgan fingerprint density at radius 3 is 2.74 bits per heavy atom. The number of hydrogen-bond acceptors (Lipinski definition) is 2. The summed E-state index contributed by atoms with van der Waals surface area (Å²) < 4.78 is 13.3. The van der Waals surface area contributed by atoms with Gasteiger partial charge in [0.25, 0.3) is 0 Å². The Morgan fingerprint density at radius 1 is 1.32 bits per heavy atom. The first-order chi connectivity index (χ1) is 9.13. The van der Waals surface area contributed by atoms with Gasteiger partial charge in [0.2, 0.25) is 5.91 Å². The van der Waals surface area contributed by atoms with Gasteiger partial charge >= 0.3 is 0 Å². The lowest BCUT2D eigenvalue weighted by molar-refractivity contribution is -0.121. The van der Waals surface area contributed by atoms with Gasteiger partial charge in [0.1, 0.15) is 5.82 Å². The Bertz CT molecular complexity index is 395. The summed E-state index contributed by atoms with van der Waals surface area (Å²) in [4.78, 5) is 13.8. The van der Waals surface area contributed by atoms with Gasteiger partial charge in [-0.1, -0.05) is 31.5 Å². The highest BCUT2D eigenvalue weighted by Gasteiger charge is 2.06. The fourth-order valence-corrected chi connectivity index (χ4v) is 1.76. The predicted octanol–water partition coefficient (Wildman–Crippen LogP) is 2.56. The summed E-state index contributed by atoms with van der Waals surface area (Å²) in [5, 5.41) is 2.75. The predicted molar refractivity (Wildman–Crippen MR) is 75.3 cm³/mol. The highest BCUT2D eigenvalue weighted by molar-refractivity contribution is 5.76. The number of carbonyl (C=O) groups excluding carboxylic acids is 1.